The summed E-state index contributed by atoms with van der Waals surface area (Å²) in [5.74, 6) is -3.93. The standard InChI is InChI=1S/C19H12Cl2F9N5O/c1-2-3-4-10(36)31-15-11-13(18(25,26)27)32-16(19(28,29)30)33-14(11)34-35(15)12-8(20)5-7(6-9(12)21)17(22,23)24/h5-6H,2-4H2,1H3,(H,31,36). The molecule has 0 aliphatic carbocycles. The third-order valence-corrected chi connectivity index (χ3v) is 5.20. The number of halogens is 11. The lowest BCUT2D eigenvalue weighted by molar-refractivity contribution is -0.151. The fraction of sp³-hybridized carbons (Fsp3) is 0.368. The molecule has 3 rings (SSSR count). The van der Waals surface area contributed by atoms with Gasteiger partial charge in [-0.1, -0.05) is 36.5 Å². The van der Waals surface area contributed by atoms with E-state index in [9.17, 15) is 44.3 Å². The molecule has 0 atom stereocenters. The smallest absolute Gasteiger partial charge is 0.310 e. The van der Waals surface area contributed by atoms with Crippen LogP contribution in [0, 0.1) is 0 Å². The van der Waals surface area contributed by atoms with Gasteiger partial charge in [0, 0.05) is 6.42 Å². The average molecular weight is 568 g/mol. The Bertz CT molecular complexity index is 1290. The van der Waals surface area contributed by atoms with Gasteiger partial charge in [-0.25, -0.2) is 14.6 Å². The number of nitrogens with zero attached hydrogens (tertiary/aromatic N) is 4. The van der Waals surface area contributed by atoms with Gasteiger partial charge in [-0.15, -0.1) is 5.10 Å². The topological polar surface area (TPSA) is 72.7 Å². The molecular weight excluding hydrogens is 556 g/mol. The van der Waals surface area contributed by atoms with Crippen molar-refractivity contribution in [2.24, 2.45) is 0 Å². The minimum Gasteiger partial charge on any atom is -0.310 e. The summed E-state index contributed by atoms with van der Waals surface area (Å²) in [6.45, 7) is 1.71. The van der Waals surface area contributed by atoms with Crippen molar-refractivity contribution in [3.8, 4) is 5.69 Å². The zero-order valence-corrected chi connectivity index (χ0v) is 19.1. The van der Waals surface area contributed by atoms with Crippen molar-refractivity contribution in [2.75, 3.05) is 5.32 Å². The zero-order valence-electron chi connectivity index (χ0n) is 17.6. The van der Waals surface area contributed by atoms with Gasteiger partial charge in [-0.3, -0.25) is 4.79 Å². The van der Waals surface area contributed by atoms with Crippen LogP contribution in [-0.2, 0) is 23.3 Å². The third-order valence-electron chi connectivity index (χ3n) is 4.63. The molecule has 36 heavy (non-hydrogen) atoms. The molecule has 0 aliphatic heterocycles. The maximum atomic E-state index is 13.8. The molecule has 2 heterocycles. The van der Waals surface area contributed by atoms with E-state index in [0.29, 0.717) is 29.7 Å². The zero-order chi connectivity index (χ0) is 27.2. The summed E-state index contributed by atoms with van der Waals surface area (Å²) >= 11 is 11.9. The lowest BCUT2D eigenvalue weighted by Gasteiger charge is -2.15. The summed E-state index contributed by atoms with van der Waals surface area (Å²) in [4.78, 5) is 18.0. The molecule has 0 spiro atoms. The largest absolute Gasteiger partial charge is 0.451 e. The Morgan fingerprint density at radius 3 is 2.00 bits per heavy atom. The number of hydrogen-bond acceptors (Lipinski definition) is 4. The van der Waals surface area contributed by atoms with Gasteiger partial charge in [0.15, 0.2) is 11.3 Å². The molecule has 1 N–H and O–H groups in total. The quantitative estimate of drug-likeness (QED) is 0.328. The van der Waals surface area contributed by atoms with Crippen molar-refractivity contribution >= 4 is 46.0 Å². The first kappa shape index (κ1) is 27.8. The summed E-state index contributed by atoms with van der Waals surface area (Å²) in [7, 11) is 0. The summed E-state index contributed by atoms with van der Waals surface area (Å²) < 4.78 is 121. The maximum Gasteiger partial charge on any atom is 0.451 e. The second-order valence-electron chi connectivity index (χ2n) is 7.29. The van der Waals surface area contributed by atoms with Gasteiger partial charge in [0.25, 0.3) is 0 Å². The first-order valence-corrected chi connectivity index (χ1v) is 10.5. The van der Waals surface area contributed by atoms with E-state index >= 15 is 0 Å². The van der Waals surface area contributed by atoms with Crippen molar-refractivity contribution in [3.63, 3.8) is 0 Å². The number of alkyl halides is 9. The van der Waals surface area contributed by atoms with Crippen molar-refractivity contribution in [1.29, 1.82) is 0 Å². The van der Waals surface area contributed by atoms with E-state index in [1.165, 1.54) is 0 Å². The van der Waals surface area contributed by atoms with Crippen molar-refractivity contribution in [3.05, 3.63) is 39.3 Å². The van der Waals surface area contributed by atoms with Crippen LogP contribution < -0.4 is 5.32 Å². The molecule has 1 amide bonds. The number of carbonyl (C=O) groups is 1. The number of amides is 1. The summed E-state index contributed by atoms with van der Waals surface area (Å²) in [5.41, 5.74) is -5.21. The Kier molecular flexibility index (Phi) is 7.39. The van der Waals surface area contributed by atoms with E-state index in [-0.39, 0.29) is 6.42 Å². The Hall–Kier alpha value is -2.81. The SMILES string of the molecule is CCCCC(=O)Nc1c2c(C(F)(F)F)nc(C(F)(F)F)nc2nn1-c1c(Cl)cc(C(F)(F)F)cc1Cl. The van der Waals surface area contributed by atoms with Gasteiger partial charge in [0.1, 0.15) is 11.5 Å². The van der Waals surface area contributed by atoms with Crippen LogP contribution >= 0.6 is 23.2 Å². The van der Waals surface area contributed by atoms with E-state index in [0.717, 1.165) is 0 Å². The number of rotatable bonds is 5. The molecule has 196 valence electrons. The van der Waals surface area contributed by atoms with E-state index in [2.05, 4.69) is 20.4 Å². The molecule has 2 aromatic heterocycles. The van der Waals surface area contributed by atoms with Crippen LogP contribution in [0.1, 0.15) is 43.3 Å². The van der Waals surface area contributed by atoms with Gasteiger partial charge in [-0.2, -0.15) is 39.5 Å². The second kappa shape index (κ2) is 9.57. The molecule has 17 heteroatoms. The summed E-state index contributed by atoms with van der Waals surface area (Å²) in [6.07, 6.45) is -15.2. The van der Waals surface area contributed by atoms with Crippen molar-refractivity contribution < 1.29 is 44.3 Å². The molecule has 6 nitrogen and oxygen atoms in total. The molecule has 3 aromatic rings. The lowest BCUT2D eigenvalue weighted by atomic mass is 10.2. The molecular formula is C19H12Cl2F9N5O. The average Bonchev–Trinajstić information content (AvgIpc) is 3.06. The van der Waals surface area contributed by atoms with Crippen LogP contribution in [0.4, 0.5) is 45.3 Å². The highest BCUT2D eigenvalue weighted by Gasteiger charge is 2.43. The minimum atomic E-state index is -5.48. The minimum absolute atomic E-state index is 0.208. The van der Waals surface area contributed by atoms with Crippen LogP contribution in [0.3, 0.4) is 0 Å². The fourth-order valence-corrected chi connectivity index (χ4v) is 3.71. The molecule has 0 unspecified atom stereocenters. The Morgan fingerprint density at radius 1 is 0.944 bits per heavy atom. The number of aromatic nitrogens is 4. The van der Waals surface area contributed by atoms with Gasteiger partial charge < -0.3 is 5.32 Å². The fourth-order valence-electron chi connectivity index (χ4n) is 3.06. The number of fused-ring (bicyclic) bond motifs is 1. The highest BCUT2D eigenvalue weighted by atomic mass is 35.5. The molecule has 0 radical (unpaired) electrons. The molecule has 1 aromatic carbocycles. The second-order valence-corrected chi connectivity index (χ2v) is 8.10. The van der Waals surface area contributed by atoms with Gasteiger partial charge in [0.2, 0.25) is 11.7 Å². The highest BCUT2D eigenvalue weighted by molar-refractivity contribution is 6.38. The third kappa shape index (κ3) is 5.61. The number of hydrogen-bond donors (Lipinski definition) is 1. The number of nitrogens with one attached hydrogen (secondary N) is 1. The predicted octanol–water partition coefficient (Wildman–Crippen LogP) is 7.31. The molecule has 0 saturated carbocycles. The molecule has 0 aliphatic rings. The maximum absolute atomic E-state index is 13.8. The van der Waals surface area contributed by atoms with Gasteiger partial charge in [0.05, 0.1) is 21.0 Å². The predicted molar refractivity (Wildman–Crippen MR) is 110 cm³/mol. The Morgan fingerprint density at radius 2 is 1.53 bits per heavy atom. The van der Waals surface area contributed by atoms with Crippen LogP contribution in [0.2, 0.25) is 10.0 Å². The highest BCUT2D eigenvalue weighted by Crippen LogP contribution is 2.43. The van der Waals surface area contributed by atoms with E-state index in [1.54, 1.807) is 6.92 Å². The Balaban J connectivity index is 2.41. The normalized spacial score (nSPS) is 12.9. The van der Waals surface area contributed by atoms with Gasteiger partial charge in [-0.05, 0) is 18.6 Å². The van der Waals surface area contributed by atoms with Crippen molar-refractivity contribution in [2.45, 2.75) is 44.7 Å². The van der Waals surface area contributed by atoms with Gasteiger partial charge >= 0.3 is 18.5 Å². The first-order valence-electron chi connectivity index (χ1n) is 9.76. The summed E-state index contributed by atoms with van der Waals surface area (Å²) in [5, 5.41) is 2.98. The summed E-state index contributed by atoms with van der Waals surface area (Å²) in [6, 6.07) is 0.768. The van der Waals surface area contributed by atoms with E-state index in [1.807, 2.05) is 0 Å². The lowest BCUT2D eigenvalue weighted by Crippen LogP contribution is -2.19. The van der Waals surface area contributed by atoms with Crippen LogP contribution in [-0.4, -0.2) is 25.7 Å². The molecule has 0 bridgehead atoms. The van der Waals surface area contributed by atoms with Crippen LogP contribution in [0.5, 0.6) is 0 Å². The number of benzene rings is 1. The van der Waals surface area contributed by atoms with E-state index in [4.69, 9.17) is 23.2 Å². The number of anilines is 1. The van der Waals surface area contributed by atoms with Crippen LogP contribution in [0.25, 0.3) is 16.7 Å². The number of unbranched alkanes of at least 4 members (excludes halogenated alkanes) is 1. The first-order chi connectivity index (χ1) is 16.4. The van der Waals surface area contributed by atoms with E-state index < -0.39 is 74.1 Å². The Labute approximate surface area is 205 Å². The van der Waals surface area contributed by atoms with Crippen molar-refractivity contribution in [1.82, 2.24) is 19.7 Å². The van der Waals surface area contributed by atoms with Crippen LogP contribution in [0.15, 0.2) is 12.1 Å². The molecule has 0 fully saturated rings. The molecule has 0 saturated heterocycles. The monoisotopic (exact) mass is 567 g/mol. The number of carbonyl (C=O) groups excluding carboxylic acids is 1.